The smallest absolute Gasteiger partial charge is 0.277 e. The lowest BCUT2D eigenvalue weighted by atomic mass is 9.98. The summed E-state index contributed by atoms with van der Waals surface area (Å²) in [6, 6.07) is 15.0. The van der Waals surface area contributed by atoms with Crippen molar-refractivity contribution in [1.29, 1.82) is 0 Å². The van der Waals surface area contributed by atoms with Crippen molar-refractivity contribution in [2.45, 2.75) is 12.8 Å². The van der Waals surface area contributed by atoms with Crippen LogP contribution in [-0.2, 0) is 0 Å². The van der Waals surface area contributed by atoms with Crippen LogP contribution in [-0.4, -0.2) is 22.9 Å². The van der Waals surface area contributed by atoms with Gasteiger partial charge in [-0.2, -0.15) is 0 Å². The Bertz CT molecular complexity index is 689. The normalized spacial score (nSPS) is 14.6. The molecule has 1 saturated heterocycles. The molecule has 0 unspecified atom stereocenters. The Hall–Kier alpha value is -2.62. The number of hydrogen-bond donors (Lipinski definition) is 0. The van der Waals surface area contributed by atoms with Gasteiger partial charge in [-0.15, -0.1) is 0 Å². The Morgan fingerprint density at radius 2 is 1.73 bits per heavy atom. The fourth-order valence-corrected chi connectivity index (χ4v) is 2.83. The third-order valence-electron chi connectivity index (χ3n) is 3.96. The van der Waals surface area contributed by atoms with Crippen LogP contribution in [0.4, 0.5) is 5.69 Å². The molecule has 0 amide bonds. The van der Waals surface area contributed by atoms with E-state index in [9.17, 15) is 10.1 Å². The van der Waals surface area contributed by atoms with E-state index >= 15 is 0 Å². The van der Waals surface area contributed by atoms with E-state index in [1.807, 2.05) is 48.7 Å². The summed E-state index contributed by atoms with van der Waals surface area (Å²) < 4.78 is 0. The number of likely N-dealkylation sites (tertiary alicyclic amines) is 1. The highest BCUT2D eigenvalue weighted by Crippen LogP contribution is 2.32. The fraction of sp³-hybridized carbons (Fsp3) is 0.222. The second kappa shape index (κ2) is 6.43. The summed E-state index contributed by atoms with van der Waals surface area (Å²) >= 11 is 0. The first-order valence-corrected chi connectivity index (χ1v) is 7.51. The van der Waals surface area contributed by atoms with Crippen molar-refractivity contribution >= 4 is 11.8 Å². The quantitative estimate of drug-likeness (QED) is 0.623. The maximum absolute atomic E-state index is 11.4. The molecule has 0 radical (unpaired) electrons. The largest absolute Gasteiger partial charge is 0.377 e. The number of nitro groups is 1. The van der Waals surface area contributed by atoms with Crippen LogP contribution in [0.2, 0.25) is 0 Å². The standard InChI is InChI=1S/C18H18N2O2/c21-20(22)18-10-6-9-16(15-7-2-1-3-8-15)17(18)11-14-19-12-4-5-13-19/h1-3,6-11,14H,4-5,12-13H2/b14-11+. The Morgan fingerprint density at radius 1 is 1.00 bits per heavy atom. The molecule has 0 aliphatic carbocycles. The van der Waals surface area contributed by atoms with E-state index in [0.717, 1.165) is 24.2 Å². The molecular weight excluding hydrogens is 276 g/mol. The van der Waals surface area contributed by atoms with Crippen molar-refractivity contribution < 1.29 is 4.92 Å². The van der Waals surface area contributed by atoms with Gasteiger partial charge in [0, 0.05) is 19.2 Å². The molecule has 0 spiro atoms. The third kappa shape index (κ3) is 3.01. The van der Waals surface area contributed by atoms with Crippen molar-refractivity contribution in [3.63, 3.8) is 0 Å². The van der Waals surface area contributed by atoms with Gasteiger partial charge in [0.15, 0.2) is 0 Å². The molecular formula is C18H18N2O2. The highest BCUT2D eigenvalue weighted by atomic mass is 16.6. The summed E-state index contributed by atoms with van der Waals surface area (Å²) in [5.41, 5.74) is 2.71. The van der Waals surface area contributed by atoms with Gasteiger partial charge in [-0.1, -0.05) is 42.5 Å². The van der Waals surface area contributed by atoms with E-state index in [1.165, 1.54) is 12.8 Å². The predicted molar refractivity (Wildman–Crippen MR) is 88.4 cm³/mol. The molecule has 22 heavy (non-hydrogen) atoms. The summed E-state index contributed by atoms with van der Waals surface area (Å²) in [4.78, 5) is 13.3. The topological polar surface area (TPSA) is 46.4 Å². The lowest BCUT2D eigenvalue weighted by Crippen LogP contribution is -2.10. The first kappa shape index (κ1) is 14.3. The predicted octanol–water partition coefficient (Wildman–Crippen LogP) is 4.33. The SMILES string of the molecule is O=[N+]([O-])c1cccc(-c2ccccc2)c1/C=C/N1CCCC1. The fourth-order valence-electron chi connectivity index (χ4n) is 2.83. The Labute approximate surface area is 129 Å². The molecule has 1 heterocycles. The van der Waals surface area contributed by atoms with Crippen molar-refractivity contribution in [1.82, 2.24) is 4.90 Å². The van der Waals surface area contributed by atoms with Crippen LogP contribution in [0.15, 0.2) is 54.7 Å². The zero-order chi connectivity index (χ0) is 15.4. The lowest BCUT2D eigenvalue weighted by molar-refractivity contribution is -0.385. The van der Waals surface area contributed by atoms with E-state index in [4.69, 9.17) is 0 Å². The average molecular weight is 294 g/mol. The van der Waals surface area contributed by atoms with Crippen LogP contribution in [0.1, 0.15) is 18.4 Å². The maximum atomic E-state index is 11.4. The minimum Gasteiger partial charge on any atom is -0.377 e. The summed E-state index contributed by atoms with van der Waals surface area (Å²) in [7, 11) is 0. The molecule has 0 saturated carbocycles. The van der Waals surface area contributed by atoms with Crippen LogP contribution in [0.3, 0.4) is 0 Å². The van der Waals surface area contributed by atoms with E-state index in [1.54, 1.807) is 12.1 Å². The minimum absolute atomic E-state index is 0.150. The highest BCUT2D eigenvalue weighted by molar-refractivity contribution is 5.80. The Morgan fingerprint density at radius 3 is 2.41 bits per heavy atom. The summed E-state index contributed by atoms with van der Waals surface area (Å²) in [5.74, 6) is 0. The first-order valence-electron chi connectivity index (χ1n) is 7.51. The van der Waals surface area contributed by atoms with Crippen LogP contribution in [0.5, 0.6) is 0 Å². The molecule has 0 N–H and O–H groups in total. The molecule has 0 bridgehead atoms. The van der Waals surface area contributed by atoms with Crippen molar-refractivity contribution in [3.8, 4) is 11.1 Å². The molecule has 4 nitrogen and oxygen atoms in total. The second-order valence-corrected chi connectivity index (χ2v) is 5.42. The molecule has 2 aromatic rings. The van der Waals surface area contributed by atoms with Gasteiger partial charge in [-0.3, -0.25) is 10.1 Å². The van der Waals surface area contributed by atoms with Gasteiger partial charge >= 0.3 is 0 Å². The Kier molecular flexibility index (Phi) is 4.19. The van der Waals surface area contributed by atoms with Gasteiger partial charge in [-0.05, 0) is 36.2 Å². The van der Waals surface area contributed by atoms with E-state index < -0.39 is 0 Å². The van der Waals surface area contributed by atoms with Crippen LogP contribution >= 0.6 is 0 Å². The summed E-state index contributed by atoms with van der Waals surface area (Å²) in [6.45, 7) is 2.05. The van der Waals surface area contributed by atoms with Gasteiger partial charge in [0.1, 0.15) is 0 Å². The number of benzene rings is 2. The number of rotatable bonds is 4. The molecule has 0 atom stereocenters. The van der Waals surface area contributed by atoms with E-state index in [-0.39, 0.29) is 10.6 Å². The van der Waals surface area contributed by atoms with E-state index in [0.29, 0.717) is 5.56 Å². The van der Waals surface area contributed by atoms with Crippen molar-refractivity contribution in [3.05, 3.63) is 70.4 Å². The van der Waals surface area contributed by atoms with Crippen LogP contribution in [0.25, 0.3) is 17.2 Å². The molecule has 1 aliphatic rings. The second-order valence-electron chi connectivity index (χ2n) is 5.42. The molecule has 112 valence electrons. The van der Waals surface area contributed by atoms with Crippen LogP contribution < -0.4 is 0 Å². The first-order chi connectivity index (χ1) is 10.8. The molecule has 3 rings (SSSR count). The van der Waals surface area contributed by atoms with Gasteiger partial charge < -0.3 is 4.90 Å². The molecule has 4 heteroatoms. The number of hydrogen-bond acceptors (Lipinski definition) is 3. The van der Waals surface area contributed by atoms with Gasteiger partial charge in [0.05, 0.1) is 10.5 Å². The van der Waals surface area contributed by atoms with Crippen molar-refractivity contribution in [2.75, 3.05) is 13.1 Å². The lowest BCUT2D eigenvalue weighted by Gasteiger charge is -2.12. The van der Waals surface area contributed by atoms with Gasteiger partial charge in [-0.25, -0.2) is 0 Å². The van der Waals surface area contributed by atoms with Crippen LogP contribution in [0, 0.1) is 10.1 Å². The Balaban J connectivity index is 2.05. The third-order valence-corrected chi connectivity index (χ3v) is 3.96. The highest BCUT2D eigenvalue weighted by Gasteiger charge is 2.16. The zero-order valence-electron chi connectivity index (χ0n) is 12.3. The van der Waals surface area contributed by atoms with Gasteiger partial charge in [0.2, 0.25) is 0 Å². The maximum Gasteiger partial charge on any atom is 0.277 e. The number of nitrogens with zero attached hydrogens (tertiary/aromatic N) is 2. The number of nitro benzene ring substituents is 1. The minimum atomic E-state index is -0.309. The van der Waals surface area contributed by atoms with Crippen molar-refractivity contribution in [2.24, 2.45) is 0 Å². The van der Waals surface area contributed by atoms with E-state index in [2.05, 4.69) is 4.90 Å². The zero-order valence-corrected chi connectivity index (χ0v) is 12.3. The summed E-state index contributed by atoms with van der Waals surface area (Å²) in [6.07, 6.45) is 6.24. The molecule has 1 aliphatic heterocycles. The molecule has 1 fully saturated rings. The van der Waals surface area contributed by atoms with Gasteiger partial charge in [0.25, 0.3) is 5.69 Å². The monoisotopic (exact) mass is 294 g/mol. The average Bonchev–Trinajstić information content (AvgIpc) is 3.06. The molecule has 2 aromatic carbocycles. The molecule has 0 aromatic heterocycles. The summed E-state index contributed by atoms with van der Waals surface area (Å²) in [5, 5.41) is 11.4.